The van der Waals surface area contributed by atoms with E-state index in [1.54, 1.807) is 12.1 Å². The fourth-order valence-electron chi connectivity index (χ4n) is 6.07. The van der Waals surface area contributed by atoms with Crippen molar-refractivity contribution >= 4 is 15.9 Å². The summed E-state index contributed by atoms with van der Waals surface area (Å²) in [6, 6.07) is 6.99. The molecule has 6 rings (SSSR count). The van der Waals surface area contributed by atoms with Gasteiger partial charge in [0, 0.05) is 28.3 Å². The highest BCUT2D eigenvalue weighted by molar-refractivity contribution is 9.10. The zero-order chi connectivity index (χ0) is 22.0. The summed E-state index contributed by atoms with van der Waals surface area (Å²) in [4.78, 5) is 12.0. The second-order valence-corrected chi connectivity index (χ2v) is 10.5. The molecule has 4 saturated heterocycles. The molecule has 1 N–H and O–H groups in total. The van der Waals surface area contributed by atoms with Crippen LogP contribution >= 0.6 is 15.9 Å². The molecule has 9 atom stereocenters. The van der Waals surface area contributed by atoms with Crippen LogP contribution in [0.3, 0.4) is 0 Å². The summed E-state index contributed by atoms with van der Waals surface area (Å²) in [7, 11) is 0. The van der Waals surface area contributed by atoms with Gasteiger partial charge in [-0.3, -0.25) is 0 Å². The first-order valence-electron chi connectivity index (χ1n) is 11.0. The molecular weight excluding hydrogens is 466 g/mol. The van der Waals surface area contributed by atoms with Gasteiger partial charge >= 0.3 is 0 Å². The Bertz CT molecular complexity index is 907. The van der Waals surface area contributed by atoms with Gasteiger partial charge in [0.1, 0.15) is 5.75 Å². The van der Waals surface area contributed by atoms with E-state index >= 15 is 0 Å². The van der Waals surface area contributed by atoms with Crippen molar-refractivity contribution in [2.45, 2.75) is 76.5 Å². The number of ether oxygens (including phenoxy) is 3. The van der Waals surface area contributed by atoms with Crippen LogP contribution in [0.5, 0.6) is 5.75 Å². The number of phenolic OH excluding ortho intramolecular Hbond substituents is 1. The molecule has 1 aromatic rings. The monoisotopic (exact) mass is 493 g/mol. The fourth-order valence-corrected chi connectivity index (χ4v) is 6.52. The molecule has 5 aliphatic rings. The molecule has 1 aromatic carbocycles. The van der Waals surface area contributed by atoms with Gasteiger partial charge < -0.3 is 19.3 Å². The number of hydrogen-bond acceptors (Lipinski definition) is 7. The SMILES string of the molecule is C[C@@H]1CCC2[C@@H](C)[C@@H](OC(C#N)c3cc(O)ccc3Br)O[C@@H]3O[C@]4(C)CCC1[C@@]23OO4. The van der Waals surface area contributed by atoms with E-state index < -0.39 is 30.1 Å². The van der Waals surface area contributed by atoms with E-state index in [9.17, 15) is 10.4 Å². The van der Waals surface area contributed by atoms with Crippen molar-refractivity contribution in [1.82, 2.24) is 0 Å². The summed E-state index contributed by atoms with van der Waals surface area (Å²) in [6.07, 6.45) is 1.57. The number of phenols is 1. The average molecular weight is 494 g/mol. The average Bonchev–Trinajstić information content (AvgIpc) is 2.97. The van der Waals surface area contributed by atoms with Gasteiger partial charge in [0.25, 0.3) is 0 Å². The van der Waals surface area contributed by atoms with E-state index in [0.29, 0.717) is 16.0 Å². The van der Waals surface area contributed by atoms with Crippen molar-refractivity contribution in [2.24, 2.45) is 23.7 Å². The van der Waals surface area contributed by atoms with Gasteiger partial charge in [0.15, 0.2) is 24.3 Å². The van der Waals surface area contributed by atoms with Crippen LogP contribution in [0.15, 0.2) is 22.7 Å². The minimum atomic E-state index is -0.906. The summed E-state index contributed by atoms with van der Waals surface area (Å²) in [5, 5.41) is 19.7. The second-order valence-electron chi connectivity index (χ2n) is 9.62. The first kappa shape index (κ1) is 21.6. The maximum absolute atomic E-state index is 9.90. The van der Waals surface area contributed by atoms with Gasteiger partial charge in [-0.05, 0) is 56.2 Å². The third-order valence-electron chi connectivity index (χ3n) is 7.75. The number of fused-ring (bicyclic) bond motifs is 2. The van der Waals surface area contributed by atoms with Crippen molar-refractivity contribution in [3.8, 4) is 11.8 Å². The minimum absolute atomic E-state index is 0.0344. The summed E-state index contributed by atoms with van der Waals surface area (Å²) < 4.78 is 19.7. The van der Waals surface area contributed by atoms with Crippen LogP contribution in [0.4, 0.5) is 0 Å². The van der Waals surface area contributed by atoms with Crippen molar-refractivity contribution in [1.29, 1.82) is 5.26 Å². The third kappa shape index (κ3) is 3.33. The summed E-state index contributed by atoms with van der Waals surface area (Å²) in [5.41, 5.74) is -0.107. The molecule has 0 amide bonds. The van der Waals surface area contributed by atoms with Crippen LogP contribution in [0.1, 0.15) is 58.1 Å². The van der Waals surface area contributed by atoms with Crippen LogP contribution in [-0.4, -0.2) is 29.1 Å². The Balaban J connectivity index is 1.47. The molecule has 1 spiro atoms. The topological polar surface area (TPSA) is 90.2 Å². The predicted octanol–water partition coefficient (Wildman–Crippen LogP) is 4.94. The number of hydrogen-bond donors (Lipinski definition) is 1. The summed E-state index contributed by atoms with van der Waals surface area (Å²) in [5.74, 6) is 0.0576. The van der Waals surface area contributed by atoms with Gasteiger partial charge in [-0.25, -0.2) is 9.78 Å². The smallest absolute Gasteiger partial charge is 0.201 e. The Kier molecular flexibility index (Phi) is 5.36. The van der Waals surface area contributed by atoms with E-state index in [4.69, 9.17) is 24.0 Å². The predicted molar refractivity (Wildman–Crippen MR) is 112 cm³/mol. The number of aromatic hydroxyl groups is 1. The van der Waals surface area contributed by atoms with E-state index in [1.165, 1.54) is 6.07 Å². The normalized spacial score (nSPS) is 44.7. The first-order valence-corrected chi connectivity index (χ1v) is 11.8. The maximum Gasteiger partial charge on any atom is 0.201 e. The van der Waals surface area contributed by atoms with Crippen LogP contribution < -0.4 is 0 Å². The molecule has 7 nitrogen and oxygen atoms in total. The van der Waals surface area contributed by atoms with E-state index in [2.05, 4.69) is 35.8 Å². The Hall–Kier alpha value is -1.21. The number of nitriles is 1. The molecular formula is C23H28BrNO6. The lowest BCUT2D eigenvalue weighted by Gasteiger charge is -2.60. The lowest BCUT2D eigenvalue weighted by molar-refractivity contribution is -0.578. The minimum Gasteiger partial charge on any atom is -0.508 e. The molecule has 168 valence electrons. The quantitative estimate of drug-likeness (QED) is 0.595. The van der Waals surface area contributed by atoms with Gasteiger partial charge in [-0.1, -0.05) is 29.8 Å². The lowest BCUT2D eigenvalue weighted by atomic mass is 9.58. The Morgan fingerprint density at radius 3 is 2.81 bits per heavy atom. The molecule has 1 saturated carbocycles. The van der Waals surface area contributed by atoms with Crippen LogP contribution in [0, 0.1) is 35.0 Å². The Labute approximate surface area is 190 Å². The van der Waals surface area contributed by atoms with Crippen molar-refractivity contribution in [2.75, 3.05) is 0 Å². The highest BCUT2D eigenvalue weighted by atomic mass is 79.9. The second kappa shape index (κ2) is 7.68. The van der Waals surface area contributed by atoms with Crippen LogP contribution in [0.25, 0.3) is 0 Å². The van der Waals surface area contributed by atoms with Crippen molar-refractivity contribution in [3.63, 3.8) is 0 Å². The van der Waals surface area contributed by atoms with Gasteiger partial charge in [-0.2, -0.15) is 5.26 Å². The molecule has 4 aliphatic heterocycles. The standard InChI is InChI=1S/C23H28BrNO6/c1-12-4-6-17-13(2)20(27-19(11-25)15-10-14(26)5-7-18(15)24)28-21-23(17)16(12)8-9-22(3,29-21)30-31-23/h5,7,10,12-13,16-17,19-21,26H,4,6,8-9H2,1-3H3/t12-,13-,16?,17?,19?,20+,21-,22+,23-/m1/s1. The third-order valence-corrected chi connectivity index (χ3v) is 8.47. The molecule has 0 aromatic heterocycles. The highest BCUT2D eigenvalue weighted by Crippen LogP contribution is 2.60. The molecule has 5 fully saturated rings. The number of nitrogens with zero attached hydrogens (tertiary/aromatic N) is 1. The fraction of sp³-hybridized carbons (Fsp3) is 0.696. The lowest BCUT2D eigenvalue weighted by Crippen LogP contribution is -2.70. The summed E-state index contributed by atoms with van der Waals surface area (Å²) >= 11 is 3.45. The molecule has 3 unspecified atom stereocenters. The molecule has 1 aliphatic carbocycles. The van der Waals surface area contributed by atoms with E-state index in [-0.39, 0.29) is 23.5 Å². The van der Waals surface area contributed by atoms with Crippen LogP contribution in [-0.2, 0) is 24.0 Å². The molecule has 0 radical (unpaired) electrons. The summed E-state index contributed by atoms with van der Waals surface area (Å²) in [6.45, 7) is 6.24. The number of halogens is 1. The maximum atomic E-state index is 9.90. The molecule has 31 heavy (non-hydrogen) atoms. The van der Waals surface area contributed by atoms with Gasteiger partial charge in [0.05, 0.1) is 6.07 Å². The van der Waals surface area contributed by atoms with Crippen LogP contribution in [0.2, 0.25) is 0 Å². The van der Waals surface area contributed by atoms with Gasteiger partial charge in [-0.15, -0.1) is 0 Å². The largest absolute Gasteiger partial charge is 0.508 e. The zero-order valence-corrected chi connectivity index (χ0v) is 19.5. The first-order chi connectivity index (χ1) is 14.8. The highest BCUT2D eigenvalue weighted by Gasteiger charge is 2.69. The molecule has 8 heteroatoms. The Morgan fingerprint density at radius 1 is 1.23 bits per heavy atom. The molecule has 4 heterocycles. The molecule has 2 bridgehead atoms. The van der Waals surface area contributed by atoms with E-state index in [0.717, 1.165) is 25.7 Å². The van der Waals surface area contributed by atoms with Crippen molar-refractivity contribution < 1.29 is 29.1 Å². The Morgan fingerprint density at radius 2 is 2.03 bits per heavy atom. The zero-order valence-electron chi connectivity index (χ0n) is 17.9. The van der Waals surface area contributed by atoms with Gasteiger partial charge in [0.2, 0.25) is 5.79 Å². The van der Waals surface area contributed by atoms with Crippen molar-refractivity contribution in [3.05, 3.63) is 28.2 Å². The number of rotatable bonds is 3. The number of benzene rings is 1. The van der Waals surface area contributed by atoms with E-state index in [1.807, 2.05) is 6.92 Å².